The highest BCUT2D eigenvalue weighted by atomic mass is 35.5. The number of rotatable bonds is 4. The molecule has 0 fully saturated rings. The Morgan fingerprint density at radius 1 is 1.48 bits per heavy atom. The van der Waals surface area contributed by atoms with Crippen molar-refractivity contribution in [3.8, 4) is 0 Å². The minimum absolute atomic E-state index is 0.160. The molecule has 1 aromatic heterocycles. The fourth-order valence-electron chi connectivity index (χ4n) is 1.84. The maximum Gasteiger partial charge on any atom is 0.321 e. The molecule has 2 amide bonds. The minimum atomic E-state index is -0.160. The number of urea groups is 1. The molecule has 21 heavy (non-hydrogen) atoms. The first-order chi connectivity index (χ1) is 10.0. The lowest BCUT2D eigenvalue weighted by Crippen LogP contribution is -2.30. The molecule has 1 N–H and O–H groups in total. The molecule has 4 nitrogen and oxygen atoms in total. The van der Waals surface area contributed by atoms with E-state index in [1.54, 1.807) is 29.4 Å². The van der Waals surface area contributed by atoms with E-state index in [0.717, 1.165) is 27.6 Å². The van der Waals surface area contributed by atoms with Gasteiger partial charge in [0.15, 0.2) is 0 Å². The number of carbonyl (C=O) groups is 1. The van der Waals surface area contributed by atoms with Gasteiger partial charge in [0.25, 0.3) is 0 Å². The van der Waals surface area contributed by atoms with Crippen molar-refractivity contribution in [1.82, 2.24) is 9.88 Å². The first-order valence-electron chi connectivity index (χ1n) is 6.72. The molecule has 1 heterocycles. The monoisotopic (exact) mass is 323 g/mol. The second-order valence-electron chi connectivity index (χ2n) is 4.77. The summed E-state index contributed by atoms with van der Waals surface area (Å²) in [4.78, 5) is 19.2. The quantitative estimate of drug-likeness (QED) is 0.910. The molecule has 0 unspecified atom stereocenters. The van der Waals surface area contributed by atoms with E-state index in [-0.39, 0.29) is 6.03 Å². The van der Waals surface area contributed by atoms with Crippen molar-refractivity contribution in [2.45, 2.75) is 26.8 Å². The zero-order valence-corrected chi connectivity index (χ0v) is 13.9. The maximum absolute atomic E-state index is 12.2. The number of nitrogens with one attached hydrogen (secondary N) is 1. The number of aryl methyl sites for hydroxylation is 1. The molecule has 0 radical (unpaired) electrons. The molecule has 0 atom stereocenters. The molecule has 0 aliphatic carbocycles. The number of nitrogens with zero attached hydrogens (tertiary/aromatic N) is 2. The molecule has 0 aliphatic rings. The van der Waals surface area contributed by atoms with Crippen LogP contribution in [0, 0.1) is 6.92 Å². The summed E-state index contributed by atoms with van der Waals surface area (Å²) in [6.45, 7) is 4.50. The van der Waals surface area contributed by atoms with Gasteiger partial charge in [0.2, 0.25) is 0 Å². The van der Waals surface area contributed by atoms with Gasteiger partial charge in [-0.25, -0.2) is 9.78 Å². The first kappa shape index (κ1) is 15.8. The number of carbonyl (C=O) groups excluding carboxylic acids is 1. The Morgan fingerprint density at radius 3 is 2.90 bits per heavy atom. The van der Waals surface area contributed by atoms with Crippen molar-refractivity contribution in [3.05, 3.63) is 44.9 Å². The van der Waals surface area contributed by atoms with E-state index in [2.05, 4.69) is 17.2 Å². The van der Waals surface area contributed by atoms with Crippen LogP contribution in [0.1, 0.15) is 22.4 Å². The number of hydrogen-bond acceptors (Lipinski definition) is 3. The van der Waals surface area contributed by atoms with Gasteiger partial charge in [-0.3, -0.25) is 0 Å². The molecule has 112 valence electrons. The second kappa shape index (κ2) is 6.91. The summed E-state index contributed by atoms with van der Waals surface area (Å²) in [5, 5.41) is 4.61. The molecule has 2 aromatic rings. The molecule has 0 saturated carbocycles. The van der Waals surface area contributed by atoms with Crippen molar-refractivity contribution in [3.63, 3.8) is 0 Å². The van der Waals surface area contributed by atoms with Gasteiger partial charge in [-0.05, 0) is 31.0 Å². The second-order valence-corrected chi connectivity index (χ2v) is 6.38. The van der Waals surface area contributed by atoms with E-state index in [0.29, 0.717) is 11.6 Å². The average Bonchev–Trinajstić information content (AvgIpc) is 2.91. The number of benzene rings is 1. The van der Waals surface area contributed by atoms with Crippen LogP contribution in [0.15, 0.2) is 24.4 Å². The third kappa shape index (κ3) is 3.95. The van der Waals surface area contributed by atoms with Crippen LogP contribution in [-0.2, 0) is 13.0 Å². The van der Waals surface area contributed by atoms with E-state index in [1.807, 2.05) is 25.3 Å². The van der Waals surface area contributed by atoms with Crippen molar-refractivity contribution in [2.24, 2.45) is 0 Å². The van der Waals surface area contributed by atoms with Crippen LogP contribution >= 0.6 is 22.9 Å². The largest absolute Gasteiger partial charge is 0.322 e. The van der Waals surface area contributed by atoms with Crippen LogP contribution in [-0.4, -0.2) is 23.0 Å². The van der Waals surface area contributed by atoms with Gasteiger partial charge in [0.05, 0.1) is 11.6 Å². The number of hydrogen-bond donors (Lipinski definition) is 1. The van der Waals surface area contributed by atoms with E-state index in [1.165, 1.54) is 0 Å². The van der Waals surface area contributed by atoms with Crippen molar-refractivity contribution in [2.75, 3.05) is 12.4 Å². The molecule has 0 spiro atoms. The van der Waals surface area contributed by atoms with Crippen LogP contribution in [0.3, 0.4) is 0 Å². The van der Waals surface area contributed by atoms with Crippen LogP contribution in [0.4, 0.5) is 10.5 Å². The van der Waals surface area contributed by atoms with Crippen LogP contribution < -0.4 is 5.32 Å². The lowest BCUT2D eigenvalue weighted by atomic mass is 10.2. The zero-order chi connectivity index (χ0) is 15.4. The minimum Gasteiger partial charge on any atom is -0.322 e. The van der Waals surface area contributed by atoms with Gasteiger partial charge in [0, 0.05) is 28.8 Å². The Bertz CT molecular complexity index is 642. The Morgan fingerprint density at radius 2 is 2.24 bits per heavy atom. The lowest BCUT2D eigenvalue weighted by Gasteiger charge is -2.18. The SMILES string of the molecule is CCc1ncc(CN(C)C(=O)Nc2cccc(Cl)c2C)s1. The fraction of sp³-hybridized carbons (Fsp3) is 0.333. The van der Waals surface area contributed by atoms with Crippen molar-refractivity contribution >= 4 is 34.7 Å². The molecule has 0 saturated heterocycles. The highest BCUT2D eigenvalue weighted by Gasteiger charge is 2.13. The summed E-state index contributed by atoms with van der Waals surface area (Å²) in [6, 6.07) is 5.31. The predicted octanol–water partition coefficient (Wildman–Crippen LogP) is 4.33. The van der Waals surface area contributed by atoms with Crippen LogP contribution in [0.5, 0.6) is 0 Å². The zero-order valence-electron chi connectivity index (χ0n) is 12.3. The van der Waals surface area contributed by atoms with Crippen molar-refractivity contribution < 1.29 is 4.79 Å². The molecule has 1 aromatic carbocycles. The number of thiazole rings is 1. The smallest absolute Gasteiger partial charge is 0.321 e. The molecule has 2 rings (SSSR count). The summed E-state index contributed by atoms with van der Waals surface area (Å²) < 4.78 is 0. The van der Waals surface area contributed by atoms with Crippen molar-refractivity contribution in [1.29, 1.82) is 0 Å². The number of halogens is 1. The predicted molar refractivity (Wildman–Crippen MR) is 88.2 cm³/mol. The highest BCUT2D eigenvalue weighted by molar-refractivity contribution is 7.11. The normalized spacial score (nSPS) is 10.5. The van der Waals surface area contributed by atoms with Gasteiger partial charge < -0.3 is 10.2 Å². The van der Waals surface area contributed by atoms with Gasteiger partial charge in [-0.15, -0.1) is 11.3 Å². The maximum atomic E-state index is 12.2. The number of aromatic nitrogens is 1. The summed E-state index contributed by atoms with van der Waals surface area (Å²) in [5.41, 5.74) is 1.60. The van der Waals surface area contributed by atoms with E-state index in [4.69, 9.17) is 11.6 Å². The average molecular weight is 324 g/mol. The van der Waals surface area contributed by atoms with E-state index < -0.39 is 0 Å². The van der Waals surface area contributed by atoms with Gasteiger partial charge in [-0.2, -0.15) is 0 Å². The molecular weight excluding hydrogens is 306 g/mol. The van der Waals surface area contributed by atoms with E-state index in [9.17, 15) is 4.79 Å². The Hall–Kier alpha value is -1.59. The third-order valence-corrected chi connectivity index (χ3v) is 4.69. The van der Waals surface area contributed by atoms with Gasteiger partial charge >= 0.3 is 6.03 Å². The standard InChI is InChI=1S/C15H18ClN3OS/c1-4-14-17-8-11(21-14)9-19(3)15(20)18-13-7-5-6-12(16)10(13)2/h5-8H,4,9H2,1-3H3,(H,18,20). The molecule has 0 bridgehead atoms. The van der Waals surface area contributed by atoms with Gasteiger partial charge in [0.1, 0.15) is 0 Å². The van der Waals surface area contributed by atoms with Crippen LogP contribution in [0.2, 0.25) is 5.02 Å². The topological polar surface area (TPSA) is 45.2 Å². The Balaban J connectivity index is 2.00. The van der Waals surface area contributed by atoms with Crippen LogP contribution in [0.25, 0.3) is 0 Å². The summed E-state index contributed by atoms with van der Waals surface area (Å²) in [5.74, 6) is 0. The Labute approximate surface area is 133 Å². The Kier molecular flexibility index (Phi) is 5.20. The van der Waals surface area contributed by atoms with Gasteiger partial charge in [-0.1, -0.05) is 24.6 Å². The number of anilines is 1. The third-order valence-electron chi connectivity index (χ3n) is 3.15. The highest BCUT2D eigenvalue weighted by Crippen LogP contribution is 2.23. The molecule has 6 heteroatoms. The number of amides is 2. The molecular formula is C15H18ClN3OS. The summed E-state index contributed by atoms with van der Waals surface area (Å²) in [6.07, 6.45) is 2.75. The summed E-state index contributed by atoms with van der Waals surface area (Å²) in [7, 11) is 1.76. The van der Waals surface area contributed by atoms with E-state index >= 15 is 0 Å². The summed E-state index contributed by atoms with van der Waals surface area (Å²) >= 11 is 7.69. The lowest BCUT2D eigenvalue weighted by molar-refractivity contribution is 0.221. The molecule has 0 aliphatic heterocycles. The first-order valence-corrected chi connectivity index (χ1v) is 7.91. The fourth-order valence-corrected chi connectivity index (χ4v) is 2.93.